The Balaban J connectivity index is 2.34. The molecule has 1 aromatic rings. The van der Waals surface area contributed by atoms with Crippen LogP contribution >= 0.6 is 0 Å². The highest BCUT2D eigenvalue weighted by Crippen LogP contribution is 2.27. The van der Waals surface area contributed by atoms with Crippen LogP contribution in [0.3, 0.4) is 0 Å². The van der Waals surface area contributed by atoms with Crippen LogP contribution in [0.15, 0.2) is 15.8 Å². The number of nitrogens with one attached hydrogen (secondary N) is 1. The Morgan fingerprint density at radius 1 is 1.59 bits per heavy atom. The van der Waals surface area contributed by atoms with Gasteiger partial charge in [0.2, 0.25) is 0 Å². The zero-order valence-corrected chi connectivity index (χ0v) is 9.29. The summed E-state index contributed by atoms with van der Waals surface area (Å²) in [6.45, 7) is 1.26. The van der Waals surface area contributed by atoms with E-state index in [1.165, 1.54) is 10.8 Å². The molecule has 0 unspecified atom stereocenters. The lowest BCUT2D eigenvalue weighted by molar-refractivity contribution is -0.0459. The Labute approximate surface area is 96.3 Å². The molecule has 94 valence electrons. The first kappa shape index (κ1) is 12.0. The molecule has 1 saturated heterocycles. The molecule has 1 aliphatic rings. The molecule has 0 aromatic carbocycles. The number of H-pyrrole nitrogens is 1. The number of aromatic amines is 1. The van der Waals surface area contributed by atoms with Gasteiger partial charge in [-0.1, -0.05) is 0 Å². The number of rotatable bonds is 2. The predicted octanol–water partition coefficient (Wildman–Crippen LogP) is -1.51. The van der Waals surface area contributed by atoms with Crippen LogP contribution < -0.4 is 11.2 Å². The molecule has 1 fully saturated rings. The van der Waals surface area contributed by atoms with Gasteiger partial charge in [-0.3, -0.25) is 14.3 Å². The van der Waals surface area contributed by atoms with E-state index in [-0.39, 0.29) is 13.0 Å². The van der Waals surface area contributed by atoms with E-state index in [1.807, 2.05) is 0 Å². The van der Waals surface area contributed by atoms with Crippen molar-refractivity contribution in [2.75, 3.05) is 6.61 Å². The van der Waals surface area contributed by atoms with Crippen molar-refractivity contribution < 1.29 is 14.9 Å². The van der Waals surface area contributed by atoms with E-state index < -0.39 is 29.7 Å². The monoisotopic (exact) mass is 245 g/mol. The van der Waals surface area contributed by atoms with E-state index in [9.17, 15) is 14.7 Å². The SMILES string of the molecule is Cc1c[15n]([C@H]2C[C@H](O)[C@@H]([13CH2]O)O2)c(=O)[15nH]c1=O. The summed E-state index contributed by atoms with van der Waals surface area (Å²) in [5, 5.41) is 18.5. The molecule has 3 N–H and O–H groups in total. The van der Waals surface area contributed by atoms with Crippen LogP contribution in [-0.4, -0.2) is 38.6 Å². The van der Waals surface area contributed by atoms with Crippen molar-refractivity contribution in [2.45, 2.75) is 31.8 Å². The number of hydrogen-bond acceptors (Lipinski definition) is 5. The van der Waals surface area contributed by atoms with Gasteiger partial charge in [0.25, 0.3) is 5.56 Å². The fourth-order valence-corrected chi connectivity index (χ4v) is 1.85. The second kappa shape index (κ2) is 4.44. The normalized spacial score (nSPS) is 28.5. The molecule has 0 spiro atoms. The highest BCUT2D eigenvalue weighted by atomic mass is 16.6. The van der Waals surface area contributed by atoms with Crippen molar-refractivity contribution in [3.63, 3.8) is 0 Å². The first-order chi connectivity index (χ1) is 8.02. The van der Waals surface area contributed by atoms with E-state index in [1.54, 1.807) is 6.92 Å². The van der Waals surface area contributed by atoms with Crippen LogP contribution in [0.5, 0.6) is 0 Å². The third kappa shape index (κ3) is 2.17. The molecule has 1 aromatic heterocycles. The van der Waals surface area contributed by atoms with Crippen molar-refractivity contribution in [1.29, 1.82) is 0 Å². The van der Waals surface area contributed by atoms with Gasteiger partial charge in [0.1, 0.15) is 12.3 Å². The lowest BCUT2D eigenvalue weighted by Crippen LogP contribution is -2.33. The number of aliphatic hydroxyl groups excluding tert-OH is 2. The molecule has 0 aliphatic carbocycles. The maximum atomic E-state index is 11.6. The Kier molecular flexibility index (Phi) is 3.14. The quantitative estimate of drug-likeness (QED) is 0.549. The molecule has 17 heavy (non-hydrogen) atoms. The Morgan fingerprint density at radius 3 is 2.88 bits per heavy atom. The Bertz CT molecular complexity index is 520. The lowest BCUT2D eigenvalue weighted by atomic mass is 10.2. The van der Waals surface area contributed by atoms with Gasteiger partial charge in [0.05, 0.1) is 12.7 Å². The second-order valence-corrected chi connectivity index (χ2v) is 4.09. The minimum Gasteiger partial charge on any atom is -0.394 e. The molecular weight excluding hydrogens is 231 g/mol. The van der Waals surface area contributed by atoms with Crippen molar-refractivity contribution in [1.82, 2.24) is 9.55 Å². The third-order valence-corrected chi connectivity index (χ3v) is 2.84. The highest BCUT2D eigenvalue weighted by molar-refractivity contribution is 5.02. The van der Waals surface area contributed by atoms with E-state index in [4.69, 9.17) is 9.84 Å². The van der Waals surface area contributed by atoms with Crippen LogP contribution in [0, 0.1) is 6.92 Å². The zero-order valence-electron chi connectivity index (χ0n) is 9.29. The van der Waals surface area contributed by atoms with E-state index >= 15 is 0 Å². The van der Waals surface area contributed by atoms with Gasteiger partial charge in [-0.15, -0.1) is 0 Å². The number of aryl methyl sites for hydroxylation is 1. The average molecular weight is 245 g/mol. The molecule has 0 saturated carbocycles. The van der Waals surface area contributed by atoms with Crippen molar-refractivity contribution in [3.05, 3.63) is 32.6 Å². The van der Waals surface area contributed by atoms with Crippen LogP contribution in [0.1, 0.15) is 18.2 Å². The number of hydrogen-bond donors (Lipinski definition) is 3. The molecule has 0 radical (unpaired) electrons. The third-order valence-electron chi connectivity index (χ3n) is 2.84. The van der Waals surface area contributed by atoms with Crippen molar-refractivity contribution in [2.24, 2.45) is 0 Å². The van der Waals surface area contributed by atoms with Gasteiger partial charge in [0.15, 0.2) is 0 Å². The molecule has 2 rings (SSSR count). The van der Waals surface area contributed by atoms with Crippen molar-refractivity contribution >= 4 is 0 Å². The van der Waals surface area contributed by atoms with Crippen LogP contribution in [-0.2, 0) is 4.74 Å². The van der Waals surface area contributed by atoms with Crippen LogP contribution in [0.4, 0.5) is 0 Å². The maximum absolute atomic E-state index is 11.6. The van der Waals surface area contributed by atoms with Crippen LogP contribution in [0.2, 0.25) is 0 Å². The zero-order chi connectivity index (χ0) is 12.6. The van der Waals surface area contributed by atoms with Crippen LogP contribution in [0.25, 0.3) is 0 Å². The molecule has 7 nitrogen and oxygen atoms in total. The number of aliphatic hydroxyl groups is 2. The van der Waals surface area contributed by atoms with E-state index in [0.29, 0.717) is 5.56 Å². The van der Waals surface area contributed by atoms with Gasteiger partial charge >= 0.3 is 5.69 Å². The number of ether oxygens (including phenoxy) is 1. The molecule has 7 heteroatoms. The van der Waals surface area contributed by atoms with Gasteiger partial charge < -0.3 is 14.9 Å². The van der Waals surface area contributed by atoms with E-state index in [2.05, 4.69) is 4.98 Å². The molecule has 3 atom stereocenters. The maximum Gasteiger partial charge on any atom is 0.330 e. The fourth-order valence-electron chi connectivity index (χ4n) is 1.85. The largest absolute Gasteiger partial charge is 0.394 e. The van der Waals surface area contributed by atoms with Gasteiger partial charge in [0, 0.05) is 18.2 Å². The number of aromatic nitrogens is 2. The number of nitrogens with zero attached hydrogens (tertiary/aromatic N) is 1. The smallest absolute Gasteiger partial charge is 0.330 e. The summed E-state index contributed by atoms with van der Waals surface area (Å²) in [6.07, 6.45) is -0.581. The summed E-state index contributed by atoms with van der Waals surface area (Å²) in [4.78, 5) is 24.9. The summed E-state index contributed by atoms with van der Waals surface area (Å²) < 4.78 is 6.54. The topological polar surface area (TPSA) is 105 Å². The fraction of sp³-hybridized carbons (Fsp3) is 0.600. The first-order valence-electron chi connectivity index (χ1n) is 5.29. The summed E-state index contributed by atoms with van der Waals surface area (Å²) in [6, 6.07) is 0. The highest BCUT2D eigenvalue weighted by Gasteiger charge is 2.34. The molecular formula is C10H14N2O5. The summed E-state index contributed by atoms with van der Waals surface area (Å²) in [7, 11) is 0. The minimum atomic E-state index is -0.816. The molecule has 1 aliphatic heterocycles. The molecule has 0 amide bonds. The Morgan fingerprint density at radius 2 is 2.29 bits per heavy atom. The lowest BCUT2D eigenvalue weighted by Gasteiger charge is -2.14. The predicted molar refractivity (Wildman–Crippen MR) is 57.7 cm³/mol. The summed E-state index contributed by atoms with van der Waals surface area (Å²) in [5.41, 5.74) is -0.643. The van der Waals surface area contributed by atoms with Gasteiger partial charge in [-0.25, -0.2) is 4.79 Å². The van der Waals surface area contributed by atoms with Gasteiger partial charge in [-0.2, -0.15) is 0 Å². The minimum absolute atomic E-state index is 0.205. The standard InChI is InChI=1S/C10H14N2O5/c1-5-3-12(10(16)11-9(5)15)8-2-6(14)7(4-13)17-8/h3,6-8,13-14H,2,4H2,1H3,(H,11,15,16)/t6-,7+,8+/m0/s1/i4+1,11+1,12+1. The Hall–Kier alpha value is -1.44. The summed E-state index contributed by atoms with van der Waals surface area (Å²) >= 11 is 0. The van der Waals surface area contributed by atoms with Crippen molar-refractivity contribution in [3.8, 4) is 0 Å². The van der Waals surface area contributed by atoms with Gasteiger partial charge in [-0.05, 0) is 6.92 Å². The average Bonchev–Trinajstić information content (AvgIpc) is 2.65. The molecule has 0 bridgehead atoms. The summed E-state index contributed by atoms with van der Waals surface area (Å²) in [5.74, 6) is 0. The first-order valence-corrected chi connectivity index (χ1v) is 5.29. The van der Waals surface area contributed by atoms with E-state index in [0.717, 1.165) is 0 Å². The molecule has 2 heterocycles. The second-order valence-electron chi connectivity index (χ2n) is 4.09.